The molecule has 0 aliphatic rings. The minimum absolute atomic E-state index is 0.161. The lowest BCUT2D eigenvalue weighted by Crippen LogP contribution is -2.54. The van der Waals surface area contributed by atoms with Crippen LogP contribution in [0.15, 0.2) is 90.2 Å². The Balaban J connectivity index is 1.77. The third-order valence-electron chi connectivity index (χ3n) is 7.19. The average Bonchev–Trinajstić information content (AvgIpc) is 3.41. The van der Waals surface area contributed by atoms with Gasteiger partial charge in [-0.3, -0.25) is 14.9 Å². The van der Waals surface area contributed by atoms with Gasteiger partial charge in [-0.2, -0.15) is 0 Å². The molecule has 224 valence electrons. The summed E-state index contributed by atoms with van der Waals surface area (Å²) in [6.07, 6.45) is 2.90. The Labute approximate surface area is 248 Å². The third kappa shape index (κ3) is 7.74. The molecule has 2 amide bonds. The highest BCUT2D eigenvalue weighted by Crippen LogP contribution is 2.30. The summed E-state index contributed by atoms with van der Waals surface area (Å²) in [6, 6.07) is 23.3. The number of nitro groups is 1. The molecule has 12 nitrogen and oxygen atoms in total. The highest BCUT2D eigenvalue weighted by molar-refractivity contribution is 6.00. The molecule has 0 fully saturated rings. The van der Waals surface area contributed by atoms with E-state index in [-0.39, 0.29) is 25.4 Å². The van der Waals surface area contributed by atoms with Crippen molar-refractivity contribution in [1.29, 1.82) is 0 Å². The normalized spacial score (nSPS) is 12.2. The Morgan fingerprint density at radius 3 is 2.30 bits per heavy atom. The summed E-state index contributed by atoms with van der Waals surface area (Å²) in [5, 5.41) is 16.1. The average molecular weight is 586 g/mol. The van der Waals surface area contributed by atoms with Crippen LogP contribution in [0, 0.1) is 10.1 Å². The van der Waals surface area contributed by atoms with Gasteiger partial charge in [-0.25, -0.2) is 10.1 Å². The van der Waals surface area contributed by atoms with Crippen molar-refractivity contribution in [2.75, 3.05) is 20.2 Å². The number of nitrogens with one attached hydrogen (secondary N) is 2. The Kier molecular flexibility index (Phi) is 10.4. The molecular weight excluding hydrogens is 550 g/mol. The summed E-state index contributed by atoms with van der Waals surface area (Å²) >= 11 is 0. The number of nitrogens with two attached hydrogens (primary N) is 2. The van der Waals surface area contributed by atoms with Crippen LogP contribution in [-0.4, -0.2) is 58.9 Å². The Hall–Kier alpha value is -5.23. The van der Waals surface area contributed by atoms with Crippen LogP contribution in [0.1, 0.15) is 35.4 Å². The fourth-order valence-corrected chi connectivity index (χ4v) is 5.15. The monoisotopic (exact) mass is 585 g/mol. The molecule has 3 aromatic carbocycles. The van der Waals surface area contributed by atoms with Crippen molar-refractivity contribution in [2.24, 2.45) is 16.6 Å². The van der Waals surface area contributed by atoms with Crippen LogP contribution in [-0.2, 0) is 16.0 Å². The SMILES string of the molecule is COc1ccc2[nH]cc(CCN(C(=O)C(c3ccccc3)c3ccccc3)[C@@H](CCCN)C(=O)NC(N)=N[N+](=O)[O-])c2c1. The molecule has 0 aliphatic heterocycles. The minimum Gasteiger partial charge on any atom is -0.497 e. The van der Waals surface area contributed by atoms with Gasteiger partial charge < -0.3 is 26.1 Å². The van der Waals surface area contributed by atoms with Crippen molar-refractivity contribution in [3.05, 3.63) is 112 Å². The number of hydrogen-bond acceptors (Lipinski definition) is 6. The van der Waals surface area contributed by atoms with Gasteiger partial charge in [-0.1, -0.05) is 60.7 Å². The van der Waals surface area contributed by atoms with Crippen molar-refractivity contribution in [1.82, 2.24) is 15.2 Å². The van der Waals surface area contributed by atoms with Crippen LogP contribution >= 0.6 is 0 Å². The standard InChI is InChI=1S/C31H35N7O5/c1-43-24-14-15-26-25(19-24)23(20-34-26)16-18-37(27(13-8-17-32)29(39)35-31(33)36-38(41)42)30(40)28(21-9-4-2-5-10-21)22-11-6-3-7-12-22/h2-7,9-12,14-15,19-20,27-28,34H,8,13,16-18,32H2,1H3,(H3,33,35,36,39)/t27-/m0/s1. The van der Waals surface area contributed by atoms with E-state index < -0.39 is 28.9 Å². The first-order valence-corrected chi connectivity index (χ1v) is 13.9. The van der Waals surface area contributed by atoms with Crippen LogP contribution in [0.25, 0.3) is 10.9 Å². The highest BCUT2D eigenvalue weighted by atomic mass is 16.7. The number of amides is 2. The number of aromatic amines is 1. The number of hydrogen-bond donors (Lipinski definition) is 4. The van der Waals surface area contributed by atoms with Gasteiger partial charge in [0.25, 0.3) is 5.96 Å². The summed E-state index contributed by atoms with van der Waals surface area (Å²) in [6.45, 7) is 0.432. The lowest BCUT2D eigenvalue weighted by molar-refractivity contribution is -0.485. The molecule has 0 aliphatic carbocycles. The molecule has 0 radical (unpaired) electrons. The van der Waals surface area contributed by atoms with Crippen LogP contribution in [0.3, 0.4) is 0 Å². The lowest BCUT2D eigenvalue weighted by Gasteiger charge is -2.34. The van der Waals surface area contributed by atoms with E-state index in [9.17, 15) is 19.7 Å². The number of nitrogens with zero attached hydrogens (tertiary/aromatic N) is 3. The zero-order chi connectivity index (χ0) is 30.8. The zero-order valence-electron chi connectivity index (χ0n) is 23.8. The molecule has 1 atom stereocenters. The fraction of sp³-hybridized carbons (Fsp3) is 0.258. The van der Waals surface area contributed by atoms with Crippen molar-refractivity contribution in [3.63, 3.8) is 0 Å². The van der Waals surface area contributed by atoms with E-state index in [1.165, 1.54) is 4.90 Å². The molecule has 0 spiro atoms. The number of carbonyl (C=O) groups is 2. The second-order valence-electron chi connectivity index (χ2n) is 9.92. The predicted molar refractivity (Wildman–Crippen MR) is 164 cm³/mol. The number of methoxy groups -OCH3 is 1. The lowest BCUT2D eigenvalue weighted by atomic mass is 9.89. The van der Waals surface area contributed by atoms with E-state index in [2.05, 4.69) is 15.4 Å². The van der Waals surface area contributed by atoms with E-state index in [0.717, 1.165) is 27.6 Å². The summed E-state index contributed by atoms with van der Waals surface area (Å²) in [5.74, 6) is -1.70. The number of hydrazone groups is 1. The molecule has 43 heavy (non-hydrogen) atoms. The number of benzene rings is 3. The van der Waals surface area contributed by atoms with Crippen molar-refractivity contribution >= 4 is 28.7 Å². The van der Waals surface area contributed by atoms with Crippen LogP contribution in [0.5, 0.6) is 5.75 Å². The number of H-pyrrole nitrogens is 1. The second-order valence-corrected chi connectivity index (χ2v) is 9.92. The number of aromatic nitrogens is 1. The Morgan fingerprint density at radius 2 is 1.72 bits per heavy atom. The molecular formula is C31H35N7O5. The van der Waals surface area contributed by atoms with Crippen LogP contribution in [0.4, 0.5) is 0 Å². The number of rotatable bonds is 13. The summed E-state index contributed by atoms with van der Waals surface area (Å²) in [5.41, 5.74) is 14.8. The summed E-state index contributed by atoms with van der Waals surface area (Å²) in [7, 11) is 1.59. The second kappa shape index (κ2) is 14.6. The van der Waals surface area contributed by atoms with Crippen molar-refractivity contribution in [2.45, 2.75) is 31.2 Å². The molecule has 4 aromatic rings. The van der Waals surface area contributed by atoms with Crippen molar-refractivity contribution < 1.29 is 19.4 Å². The summed E-state index contributed by atoms with van der Waals surface area (Å²) < 4.78 is 5.40. The molecule has 0 unspecified atom stereocenters. The van der Waals surface area contributed by atoms with E-state index in [1.54, 1.807) is 7.11 Å². The van der Waals surface area contributed by atoms with Gasteiger partial charge in [-0.05, 0) is 60.7 Å². The molecule has 6 N–H and O–H groups in total. The number of ether oxygens (including phenoxy) is 1. The quantitative estimate of drug-likeness (QED) is 0.0804. The first-order valence-electron chi connectivity index (χ1n) is 13.9. The van der Waals surface area contributed by atoms with Crippen LogP contribution < -0.4 is 21.5 Å². The number of guanidine groups is 1. The molecule has 0 saturated heterocycles. The molecule has 0 bridgehead atoms. The number of carbonyl (C=O) groups excluding carboxylic acids is 2. The number of fused-ring (bicyclic) bond motifs is 1. The van der Waals surface area contributed by atoms with Gasteiger partial charge in [0.1, 0.15) is 16.9 Å². The predicted octanol–water partition coefficient (Wildman–Crippen LogP) is 3.11. The van der Waals surface area contributed by atoms with E-state index in [1.807, 2.05) is 85.1 Å². The summed E-state index contributed by atoms with van der Waals surface area (Å²) in [4.78, 5) is 43.9. The zero-order valence-corrected chi connectivity index (χ0v) is 23.8. The molecule has 1 heterocycles. The minimum atomic E-state index is -1.04. The van der Waals surface area contributed by atoms with Gasteiger partial charge in [0.15, 0.2) is 5.03 Å². The molecule has 0 saturated carbocycles. The Bertz CT molecular complexity index is 1530. The van der Waals surface area contributed by atoms with Crippen molar-refractivity contribution in [3.8, 4) is 5.75 Å². The first-order chi connectivity index (χ1) is 20.8. The van der Waals surface area contributed by atoms with Gasteiger partial charge in [-0.15, -0.1) is 0 Å². The van der Waals surface area contributed by atoms with E-state index >= 15 is 0 Å². The maximum atomic E-state index is 14.7. The van der Waals surface area contributed by atoms with Gasteiger partial charge >= 0.3 is 0 Å². The maximum absolute atomic E-state index is 14.7. The molecule has 4 rings (SSSR count). The topological polar surface area (TPSA) is 182 Å². The molecule has 12 heteroatoms. The largest absolute Gasteiger partial charge is 0.497 e. The smallest absolute Gasteiger partial charge is 0.272 e. The van der Waals surface area contributed by atoms with E-state index in [0.29, 0.717) is 18.6 Å². The fourth-order valence-electron chi connectivity index (χ4n) is 5.15. The van der Waals surface area contributed by atoms with Crippen LogP contribution in [0.2, 0.25) is 0 Å². The first kappa shape index (κ1) is 30.7. The highest BCUT2D eigenvalue weighted by Gasteiger charge is 2.35. The molecule has 1 aromatic heterocycles. The maximum Gasteiger partial charge on any atom is 0.272 e. The van der Waals surface area contributed by atoms with E-state index in [4.69, 9.17) is 16.2 Å². The van der Waals surface area contributed by atoms with Gasteiger partial charge in [0.2, 0.25) is 11.8 Å². The van der Waals surface area contributed by atoms with Gasteiger partial charge in [0.05, 0.1) is 13.0 Å². The Morgan fingerprint density at radius 1 is 1.07 bits per heavy atom. The third-order valence-corrected chi connectivity index (χ3v) is 7.19. The van der Waals surface area contributed by atoms with Gasteiger partial charge in [0, 0.05) is 23.6 Å².